The number of carbonyl (C=O) groups is 2. The number of oxazole rings is 1. The van der Waals surface area contributed by atoms with Crippen molar-refractivity contribution in [1.29, 1.82) is 0 Å². The van der Waals surface area contributed by atoms with E-state index in [9.17, 15) is 14.7 Å². The number of amides is 1. The van der Waals surface area contributed by atoms with E-state index in [1.165, 1.54) is 25.7 Å². The lowest BCUT2D eigenvalue weighted by Gasteiger charge is -2.24. The summed E-state index contributed by atoms with van der Waals surface area (Å²) in [6.07, 6.45) is 11.2. The third kappa shape index (κ3) is 4.86. The minimum atomic E-state index is -1.15. The molecule has 1 atom stereocenters. The highest BCUT2D eigenvalue weighted by Gasteiger charge is 2.30. The van der Waals surface area contributed by atoms with Gasteiger partial charge in [-0.25, -0.2) is 9.78 Å². The molecule has 2 N–H and O–H groups in total. The van der Waals surface area contributed by atoms with Crippen molar-refractivity contribution in [2.24, 2.45) is 0 Å². The summed E-state index contributed by atoms with van der Waals surface area (Å²) in [5.74, 6) is -0.853. The fourth-order valence-electron chi connectivity index (χ4n) is 5.40. The standard InChI is InChI=1S/C26H32N4O4/c31-25(28-21(26(32)33)16-24-27-19-13-7-8-14-23(19)34-24)22-15-20(17-9-3-1-4-10-17)29-30(22)18-11-5-2-6-12-18/h7-8,13-15,17-18,21H,1-6,9-12,16H2,(H,28,31)(H,32,33). The van der Waals surface area contributed by atoms with Gasteiger partial charge < -0.3 is 14.8 Å². The molecule has 0 saturated heterocycles. The zero-order chi connectivity index (χ0) is 23.5. The van der Waals surface area contributed by atoms with E-state index < -0.39 is 17.9 Å². The van der Waals surface area contributed by atoms with E-state index in [1.807, 2.05) is 28.9 Å². The van der Waals surface area contributed by atoms with E-state index in [1.54, 1.807) is 6.07 Å². The summed E-state index contributed by atoms with van der Waals surface area (Å²) in [6, 6.07) is 8.23. The molecular formula is C26H32N4O4. The fraction of sp³-hybridized carbons (Fsp3) is 0.538. The quantitative estimate of drug-likeness (QED) is 0.509. The van der Waals surface area contributed by atoms with E-state index >= 15 is 0 Å². The van der Waals surface area contributed by atoms with Gasteiger partial charge in [0, 0.05) is 5.92 Å². The van der Waals surface area contributed by atoms with Crippen LogP contribution in [0.3, 0.4) is 0 Å². The third-order valence-corrected chi connectivity index (χ3v) is 7.25. The highest BCUT2D eigenvalue weighted by Crippen LogP contribution is 2.35. The van der Waals surface area contributed by atoms with Crippen LogP contribution < -0.4 is 5.32 Å². The summed E-state index contributed by atoms with van der Waals surface area (Å²) in [7, 11) is 0. The Hall–Kier alpha value is -3.16. The zero-order valence-electron chi connectivity index (χ0n) is 19.4. The number of fused-ring (bicyclic) bond motifs is 1. The predicted molar refractivity (Wildman–Crippen MR) is 127 cm³/mol. The van der Waals surface area contributed by atoms with E-state index in [2.05, 4.69) is 10.3 Å². The minimum absolute atomic E-state index is 0.0250. The SMILES string of the molecule is O=C(NC(Cc1nc2ccccc2o1)C(=O)O)c1cc(C2CCCCC2)nn1C1CCCCC1. The Morgan fingerprint density at radius 3 is 2.47 bits per heavy atom. The Bertz CT molecular complexity index is 1120. The summed E-state index contributed by atoms with van der Waals surface area (Å²) < 4.78 is 7.58. The summed E-state index contributed by atoms with van der Waals surface area (Å²) in [6.45, 7) is 0. The predicted octanol–water partition coefficient (Wildman–Crippen LogP) is 5.00. The molecule has 0 aliphatic heterocycles. The van der Waals surface area contributed by atoms with Crippen LogP contribution in [-0.2, 0) is 11.2 Å². The van der Waals surface area contributed by atoms with Crippen molar-refractivity contribution in [2.75, 3.05) is 0 Å². The van der Waals surface area contributed by atoms with Gasteiger partial charge in [0.25, 0.3) is 5.91 Å². The van der Waals surface area contributed by atoms with Crippen molar-refractivity contribution < 1.29 is 19.1 Å². The third-order valence-electron chi connectivity index (χ3n) is 7.25. The molecule has 2 aliphatic carbocycles. The van der Waals surface area contributed by atoms with Gasteiger partial charge in [0.05, 0.1) is 18.2 Å². The Labute approximate surface area is 198 Å². The number of benzene rings is 1. The number of carboxylic acids is 1. The first-order chi connectivity index (χ1) is 16.6. The Kier molecular flexibility index (Phi) is 6.65. The van der Waals surface area contributed by atoms with Crippen LogP contribution in [0.2, 0.25) is 0 Å². The molecule has 180 valence electrons. The molecule has 0 spiro atoms. The summed E-state index contributed by atoms with van der Waals surface area (Å²) in [5.41, 5.74) is 2.71. The number of carbonyl (C=O) groups excluding carboxylic acids is 1. The van der Waals surface area contributed by atoms with Crippen molar-refractivity contribution in [2.45, 2.75) is 88.6 Å². The molecule has 8 heteroatoms. The van der Waals surface area contributed by atoms with Gasteiger partial charge in [-0.05, 0) is 43.9 Å². The molecule has 2 saturated carbocycles. The summed E-state index contributed by atoms with van der Waals surface area (Å²) in [4.78, 5) is 29.8. The molecule has 2 heterocycles. The van der Waals surface area contributed by atoms with Crippen molar-refractivity contribution in [3.63, 3.8) is 0 Å². The maximum atomic E-state index is 13.4. The highest BCUT2D eigenvalue weighted by molar-refractivity contribution is 5.95. The second-order valence-electron chi connectivity index (χ2n) is 9.67. The Balaban J connectivity index is 1.38. The molecule has 0 radical (unpaired) electrons. The zero-order valence-corrected chi connectivity index (χ0v) is 19.4. The maximum Gasteiger partial charge on any atom is 0.326 e. The topological polar surface area (TPSA) is 110 Å². The lowest BCUT2D eigenvalue weighted by Crippen LogP contribution is -2.43. The van der Waals surface area contributed by atoms with Crippen LogP contribution >= 0.6 is 0 Å². The molecule has 1 unspecified atom stereocenters. The van der Waals surface area contributed by atoms with Crippen LogP contribution in [0.5, 0.6) is 0 Å². The lowest BCUT2D eigenvalue weighted by atomic mass is 9.87. The average molecular weight is 465 g/mol. The molecule has 2 aromatic heterocycles. The second kappa shape index (κ2) is 9.99. The molecule has 3 aromatic rings. The first-order valence-electron chi connectivity index (χ1n) is 12.6. The number of para-hydroxylation sites is 2. The van der Waals surface area contributed by atoms with E-state index in [0.29, 0.717) is 22.7 Å². The minimum Gasteiger partial charge on any atom is -0.480 e. The van der Waals surface area contributed by atoms with Crippen molar-refractivity contribution in [3.05, 3.63) is 47.6 Å². The molecule has 2 aliphatic rings. The monoisotopic (exact) mass is 464 g/mol. The van der Waals surface area contributed by atoms with Gasteiger partial charge in [-0.3, -0.25) is 9.48 Å². The number of carboxylic acid groups (broad SMARTS) is 1. The van der Waals surface area contributed by atoms with Crippen LogP contribution in [0.25, 0.3) is 11.1 Å². The van der Waals surface area contributed by atoms with E-state index in [0.717, 1.165) is 44.2 Å². The van der Waals surface area contributed by atoms with E-state index in [4.69, 9.17) is 9.52 Å². The van der Waals surface area contributed by atoms with E-state index in [-0.39, 0.29) is 18.4 Å². The molecule has 0 bridgehead atoms. The molecule has 34 heavy (non-hydrogen) atoms. The molecule has 1 amide bonds. The van der Waals surface area contributed by atoms with Gasteiger partial charge >= 0.3 is 5.97 Å². The normalized spacial score (nSPS) is 18.7. The van der Waals surface area contributed by atoms with Crippen LogP contribution in [0, 0.1) is 0 Å². The first kappa shape index (κ1) is 22.6. The lowest BCUT2D eigenvalue weighted by molar-refractivity contribution is -0.139. The fourth-order valence-corrected chi connectivity index (χ4v) is 5.40. The van der Waals surface area contributed by atoms with Crippen LogP contribution in [0.15, 0.2) is 34.7 Å². The first-order valence-corrected chi connectivity index (χ1v) is 12.6. The Morgan fingerprint density at radius 1 is 1.06 bits per heavy atom. The van der Waals surface area contributed by atoms with Crippen molar-refractivity contribution >= 4 is 23.0 Å². The molecule has 1 aromatic carbocycles. The van der Waals surface area contributed by atoms with Gasteiger partial charge in [0.15, 0.2) is 11.5 Å². The van der Waals surface area contributed by atoms with Crippen molar-refractivity contribution in [3.8, 4) is 0 Å². The molecular weight excluding hydrogens is 432 g/mol. The number of rotatable bonds is 7. The number of nitrogens with one attached hydrogen (secondary N) is 1. The van der Waals surface area contributed by atoms with Crippen LogP contribution in [0.4, 0.5) is 0 Å². The smallest absolute Gasteiger partial charge is 0.326 e. The van der Waals surface area contributed by atoms with Gasteiger partial charge in [-0.1, -0.05) is 50.7 Å². The molecule has 8 nitrogen and oxygen atoms in total. The van der Waals surface area contributed by atoms with Gasteiger partial charge in [-0.15, -0.1) is 0 Å². The second-order valence-corrected chi connectivity index (χ2v) is 9.67. The van der Waals surface area contributed by atoms with Crippen LogP contribution in [0.1, 0.15) is 98.2 Å². The number of aromatic nitrogens is 3. The Morgan fingerprint density at radius 2 is 1.76 bits per heavy atom. The van der Waals surface area contributed by atoms with Crippen LogP contribution in [-0.4, -0.2) is 37.8 Å². The maximum absolute atomic E-state index is 13.4. The van der Waals surface area contributed by atoms with Gasteiger partial charge in [0.1, 0.15) is 17.3 Å². The summed E-state index contributed by atoms with van der Waals surface area (Å²) >= 11 is 0. The summed E-state index contributed by atoms with van der Waals surface area (Å²) in [5, 5.41) is 17.5. The highest BCUT2D eigenvalue weighted by atomic mass is 16.4. The van der Waals surface area contributed by atoms with Crippen molar-refractivity contribution in [1.82, 2.24) is 20.1 Å². The molecule has 5 rings (SSSR count). The number of nitrogens with zero attached hydrogens (tertiary/aromatic N) is 3. The number of hydrogen-bond acceptors (Lipinski definition) is 5. The van der Waals surface area contributed by atoms with Gasteiger partial charge in [0.2, 0.25) is 0 Å². The largest absolute Gasteiger partial charge is 0.480 e. The van der Waals surface area contributed by atoms with Gasteiger partial charge in [-0.2, -0.15) is 5.10 Å². The number of hydrogen-bond donors (Lipinski definition) is 2. The number of aliphatic carboxylic acids is 1. The average Bonchev–Trinajstić information content (AvgIpc) is 3.49. The molecule has 2 fully saturated rings.